The number of hydrogen-bond donors (Lipinski definition) is 1. The zero-order valence-electron chi connectivity index (χ0n) is 20.8. The van der Waals surface area contributed by atoms with Crippen LogP contribution in [0.5, 0.6) is 0 Å². The molecule has 0 spiro atoms. The summed E-state index contributed by atoms with van der Waals surface area (Å²) < 4.78 is 30.0. The van der Waals surface area contributed by atoms with E-state index in [1.165, 1.54) is 39.8 Å². The van der Waals surface area contributed by atoms with Gasteiger partial charge in [0.15, 0.2) is 0 Å². The number of carbonyl (C=O) groups excluding carboxylic acids is 1. The van der Waals surface area contributed by atoms with Gasteiger partial charge in [-0.3, -0.25) is 14.8 Å². The van der Waals surface area contributed by atoms with Gasteiger partial charge in [-0.1, -0.05) is 43.0 Å². The molecule has 3 heterocycles. The molecule has 0 fully saturated rings. The molecule has 0 saturated heterocycles. The van der Waals surface area contributed by atoms with Gasteiger partial charge in [-0.15, -0.1) is 0 Å². The van der Waals surface area contributed by atoms with Gasteiger partial charge in [0.25, 0.3) is 11.6 Å². The maximum atomic E-state index is 14.1. The zero-order chi connectivity index (χ0) is 27.1. The number of halogens is 3. The summed E-state index contributed by atoms with van der Waals surface area (Å²) in [4.78, 5) is 24.3. The topological polar surface area (TPSA) is 85.1 Å². The Labute approximate surface area is 221 Å². The van der Waals surface area contributed by atoms with Crippen molar-refractivity contribution in [2.75, 3.05) is 5.32 Å². The lowest BCUT2D eigenvalue weighted by Gasteiger charge is -2.13. The number of aliphatic imine (C=N–C) groups is 1. The number of allylic oxidation sites excluding steroid dienone is 2. The first kappa shape index (κ1) is 30.9. The number of anilines is 1. The largest absolute Gasteiger partial charge is 0.307 e. The third-order valence-electron chi connectivity index (χ3n) is 3.97. The van der Waals surface area contributed by atoms with Gasteiger partial charge < -0.3 is 5.32 Å². The quantitative estimate of drug-likeness (QED) is 0.181. The third kappa shape index (κ3) is 9.51. The summed E-state index contributed by atoms with van der Waals surface area (Å²) in [7, 11) is 1.51. The maximum Gasteiger partial charge on any atom is 0.300 e. The molecule has 0 aromatic carbocycles. The van der Waals surface area contributed by atoms with Crippen LogP contribution in [0.3, 0.4) is 0 Å². The molecule has 36 heavy (non-hydrogen) atoms. The van der Waals surface area contributed by atoms with E-state index in [2.05, 4.69) is 41.3 Å². The number of nitrogens with one attached hydrogen (secondary N) is 1. The summed E-state index contributed by atoms with van der Waals surface area (Å²) in [6.07, 6.45) is 12.4. The number of aromatic nitrogens is 4. The molecule has 1 amide bonds. The Morgan fingerprint density at radius 1 is 1.14 bits per heavy atom. The van der Waals surface area contributed by atoms with Crippen molar-refractivity contribution in [2.45, 2.75) is 40.3 Å². The van der Waals surface area contributed by atoms with Crippen LogP contribution in [0.1, 0.15) is 56.4 Å². The third-order valence-corrected chi connectivity index (χ3v) is 4.70. The molecule has 11 heteroatoms. The molecular formula is C25H30BrF2N6OP. The number of alkyl halides is 2. The fraction of sp³-hybridized carbons (Fsp3) is 0.240. The van der Waals surface area contributed by atoms with E-state index in [1.807, 2.05) is 27.7 Å². The average Bonchev–Trinajstić information content (AvgIpc) is 3.32. The Morgan fingerprint density at radius 2 is 1.86 bits per heavy atom. The van der Waals surface area contributed by atoms with Crippen molar-refractivity contribution < 1.29 is 13.6 Å². The number of rotatable bonds is 7. The fourth-order valence-corrected chi connectivity index (χ4v) is 3.13. The smallest absolute Gasteiger partial charge is 0.300 e. The second kappa shape index (κ2) is 15.8. The molecule has 1 unspecified atom stereocenters. The molecule has 0 saturated carbocycles. The van der Waals surface area contributed by atoms with Gasteiger partial charge in [0.2, 0.25) is 0 Å². The van der Waals surface area contributed by atoms with Crippen LogP contribution in [0.2, 0.25) is 0 Å². The molecule has 7 nitrogen and oxygen atoms in total. The minimum Gasteiger partial charge on any atom is -0.307 e. The van der Waals surface area contributed by atoms with Crippen LogP contribution in [0, 0.1) is 0 Å². The average molecular weight is 579 g/mol. The Kier molecular flexibility index (Phi) is 13.6. The molecule has 1 atom stereocenters. The minimum absolute atomic E-state index is 0.256. The van der Waals surface area contributed by atoms with Gasteiger partial charge in [-0.25, -0.2) is 9.67 Å². The monoisotopic (exact) mass is 578 g/mol. The van der Waals surface area contributed by atoms with Gasteiger partial charge in [0, 0.05) is 29.3 Å². The first-order chi connectivity index (χ1) is 17.3. The molecule has 3 rings (SSSR count). The van der Waals surface area contributed by atoms with Crippen molar-refractivity contribution in [3.63, 3.8) is 0 Å². The molecule has 0 aliphatic carbocycles. The number of amides is 1. The van der Waals surface area contributed by atoms with Crippen molar-refractivity contribution in [3.05, 3.63) is 82.6 Å². The van der Waals surface area contributed by atoms with Gasteiger partial charge in [0.1, 0.15) is 11.5 Å². The van der Waals surface area contributed by atoms with Gasteiger partial charge >= 0.3 is 0 Å². The lowest BCUT2D eigenvalue weighted by molar-refractivity contribution is 0.0955. The van der Waals surface area contributed by atoms with E-state index >= 15 is 0 Å². The van der Waals surface area contributed by atoms with Crippen molar-refractivity contribution >= 4 is 49.2 Å². The Bertz CT molecular complexity index is 1190. The predicted molar refractivity (Wildman–Crippen MR) is 150 cm³/mol. The fourth-order valence-electron chi connectivity index (χ4n) is 2.56. The van der Waals surface area contributed by atoms with Gasteiger partial charge in [-0.05, 0) is 59.3 Å². The van der Waals surface area contributed by atoms with Crippen LogP contribution in [0.25, 0.3) is 11.8 Å². The zero-order valence-corrected chi connectivity index (χ0v) is 23.5. The molecule has 0 radical (unpaired) electrons. The van der Waals surface area contributed by atoms with Gasteiger partial charge in [-0.2, -0.15) is 13.9 Å². The molecule has 0 bridgehead atoms. The van der Waals surface area contributed by atoms with Crippen LogP contribution in [-0.2, 0) is 5.66 Å². The molecule has 0 aliphatic rings. The number of hydrogen-bond acceptors (Lipinski definition) is 5. The predicted octanol–water partition coefficient (Wildman–Crippen LogP) is 7.27. The van der Waals surface area contributed by atoms with Crippen molar-refractivity contribution in [1.29, 1.82) is 0 Å². The molecule has 0 aliphatic heterocycles. The molecular weight excluding hydrogens is 549 g/mol. The van der Waals surface area contributed by atoms with E-state index in [-0.39, 0.29) is 11.5 Å². The van der Waals surface area contributed by atoms with Crippen LogP contribution in [0.15, 0.2) is 70.7 Å². The maximum absolute atomic E-state index is 14.1. The van der Waals surface area contributed by atoms with E-state index < -0.39 is 11.6 Å². The normalized spacial score (nSPS) is 11.2. The standard InChI is InChI=1S/C21H18BrF2N6OP.2C2H6/c1-2-25-8-4-3-5-16-10-18(21(23,24)32)30(29-16)17-6-7-19(27-13-17)28-20(31)14-9-15(22)12-26-11-14;2*1-2/h2-13H,32H2,1H3,(H,27,28,31);2*1-2H3/b5-3+,8-4-,25-2?;;. The Hall–Kier alpha value is -3.10. The first-order valence-electron chi connectivity index (χ1n) is 11.2. The number of pyridine rings is 2. The first-order valence-corrected chi connectivity index (χ1v) is 12.6. The van der Waals surface area contributed by atoms with E-state index in [4.69, 9.17) is 0 Å². The van der Waals surface area contributed by atoms with Crippen molar-refractivity contribution in [2.24, 2.45) is 4.99 Å². The van der Waals surface area contributed by atoms with Crippen LogP contribution < -0.4 is 5.32 Å². The summed E-state index contributed by atoms with van der Waals surface area (Å²) in [6.45, 7) is 9.78. The summed E-state index contributed by atoms with van der Waals surface area (Å²) in [5.41, 5.74) is -2.53. The lowest BCUT2D eigenvalue weighted by Crippen LogP contribution is -2.14. The van der Waals surface area contributed by atoms with Crippen molar-refractivity contribution in [1.82, 2.24) is 19.7 Å². The highest BCUT2D eigenvalue weighted by Crippen LogP contribution is 2.36. The van der Waals surface area contributed by atoms with E-state index in [1.54, 1.807) is 49.8 Å². The highest BCUT2D eigenvalue weighted by atomic mass is 79.9. The summed E-state index contributed by atoms with van der Waals surface area (Å²) in [5, 5.41) is 6.87. The van der Waals surface area contributed by atoms with Crippen LogP contribution in [-0.4, -0.2) is 31.9 Å². The lowest BCUT2D eigenvalue weighted by atomic mass is 10.2. The molecule has 3 aromatic heterocycles. The molecule has 192 valence electrons. The Morgan fingerprint density at radius 3 is 2.44 bits per heavy atom. The highest BCUT2D eigenvalue weighted by Gasteiger charge is 2.30. The molecule has 3 aromatic rings. The van der Waals surface area contributed by atoms with E-state index in [9.17, 15) is 13.6 Å². The second-order valence-electron chi connectivity index (χ2n) is 6.34. The summed E-state index contributed by atoms with van der Waals surface area (Å²) in [5.74, 6) is -0.144. The summed E-state index contributed by atoms with van der Waals surface area (Å²) >= 11 is 3.26. The number of nitrogens with zero attached hydrogens (tertiary/aromatic N) is 5. The Balaban J connectivity index is 0.00000154. The van der Waals surface area contributed by atoms with E-state index in [0.717, 1.165) is 4.68 Å². The van der Waals surface area contributed by atoms with Crippen LogP contribution in [0.4, 0.5) is 14.6 Å². The second-order valence-corrected chi connectivity index (χ2v) is 7.99. The van der Waals surface area contributed by atoms with E-state index in [0.29, 0.717) is 21.4 Å². The van der Waals surface area contributed by atoms with Crippen molar-refractivity contribution in [3.8, 4) is 5.69 Å². The highest BCUT2D eigenvalue weighted by molar-refractivity contribution is 9.10. The van der Waals surface area contributed by atoms with Gasteiger partial charge in [0.05, 0.1) is 23.1 Å². The molecule has 1 N–H and O–H groups in total. The minimum atomic E-state index is -3.21. The van der Waals surface area contributed by atoms with Crippen LogP contribution >= 0.6 is 25.2 Å². The SMILES string of the molecule is CC.CC.CC=N/C=C\C=C\c1cc(C(F)(F)P)n(-c2ccc(NC(=O)c3cncc(Br)c3)nc2)n1. The number of carbonyl (C=O) groups is 1. The summed E-state index contributed by atoms with van der Waals surface area (Å²) in [6, 6.07) is 5.95.